The summed E-state index contributed by atoms with van der Waals surface area (Å²) >= 11 is 5.95. The first kappa shape index (κ1) is 11.6. The summed E-state index contributed by atoms with van der Waals surface area (Å²) in [4.78, 5) is 14.7. The van der Waals surface area contributed by atoms with Crippen molar-refractivity contribution < 1.29 is 9.53 Å². The first-order chi connectivity index (χ1) is 8.24. The highest BCUT2D eigenvalue weighted by Gasteiger charge is 2.07. The van der Waals surface area contributed by atoms with Gasteiger partial charge in [0.15, 0.2) is 6.29 Å². The lowest BCUT2D eigenvalue weighted by molar-refractivity contribution is 0.112. The minimum absolute atomic E-state index is 0.518. The highest BCUT2D eigenvalue weighted by atomic mass is 35.5. The Morgan fingerprint density at radius 2 is 2.12 bits per heavy atom. The third kappa shape index (κ3) is 2.45. The van der Waals surface area contributed by atoms with Gasteiger partial charge >= 0.3 is 0 Å². The van der Waals surface area contributed by atoms with Gasteiger partial charge in [0.25, 0.3) is 0 Å². The van der Waals surface area contributed by atoms with Crippen molar-refractivity contribution in [2.75, 3.05) is 7.11 Å². The first-order valence-electron chi connectivity index (χ1n) is 4.98. The second-order valence-electron chi connectivity index (χ2n) is 3.47. The molecule has 2 rings (SSSR count). The summed E-state index contributed by atoms with van der Waals surface area (Å²) in [5.41, 5.74) is 2.13. The van der Waals surface area contributed by atoms with Crippen molar-refractivity contribution in [3.05, 3.63) is 47.2 Å². The summed E-state index contributed by atoms with van der Waals surface area (Å²) in [6.07, 6.45) is 3.93. The number of halogens is 1. The molecule has 0 N–H and O–H groups in total. The van der Waals surface area contributed by atoms with Crippen LogP contribution in [0.4, 0.5) is 0 Å². The van der Waals surface area contributed by atoms with Crippen LogP contribution in [-0.2, 0) is 0 Å². The molecule has 1 aromatic carbocycles. The number of rotatable bonds is 3. The van der Waals surface area contributed by atoms with Gasteiger partial charge in [0.2, 0.25) is 0 Å². The Labute approximate surface area is 104 Å². The molecule has 0 fully saturated rings. The molecule has 0 atom stereocenters. The molecule has 17 heavy (non-hydrogen) atoms. The van der Waals surface area contributed by atoms with E-state index in [0.717, 1.165) is 17.4 Å². The van der Waals surface area contributed by atoms with Gasteiger partial charge in [-0.3, -0.25) is 9.78 Å². The molecule has 0 aliphatic carbocycles. The van der Waals surface area contributed by atoms with Gasteiger partial charge in [0.05, 0.1) is 7.11 Å². The fraction of sp³-hybridized carbons (Fsp3) is 0.0769. The number of methoxy groups -OCH3 is 1. The van der Waals surface area contributed by atoms with E-state index in [1.165, 1.54) is 6.20 Å². The van der Waals surface area contributed by atoms with E-state index in [-0.39, 0.29) is 0 Å². The molecule has 1 heterocycles. The SMILES string of the molecule is COc1ccc(Cl)cc1-c1cncc(C=O)c1. The van der Waals surface area contributed by atoms with Crippen molar-refractivity contribution >= 4 is 17.9 Å². The summed E-state index contributed by atoms with van der Waals surface area (Å²) in [7, 11) is 1.59. The van der Waals surface area contributed by atoms with E-state index < -0.39 is 0 Å². The summed E-state index contributed by atoms with van der Waals surface area (Å²) in [6, 6.07) is 7.06. The van der Waals surface area contributed by atoms with E-state index in [2.05, 4.69) is 4.98 Å². The number of hydrogen-bond donors (Lipinski definition) is 0. The molecule has 3 nitrogen and oxygen atoms in total. The number of pyridine rings is 1. The zero-order valence-corrected chi connectivity index (χ0v) is 9.94. The van der Waals surface area contributed by atoms with Crippen molar-refractivity contribution in [3.8, 4) is 16.9 Å². The second kappa shape index (κ2) is 4.97. The molecule has 86 valence electrons. The lowest BCUT2D eigenvalue weighted by atomic mass is 10.1. The molecule has 0 aliphatic rings. The number of aromatic nitrogens is 1. The predicted molar refractivity (Wildman–Crippen MR) is 66.6 cm³/mol. The molecular formula is C13H10ClNO2. The fourth-order valence-electron chi connectivity index (χ4n) is 1.58. The zero-order chi connectivity index (χ0) is 12.3. The Balaban J connectivity index is 2.58. The van der Waals surface area contributed by atoms with Crippen molar-refractivity contribution in [2.24, 2.45) is 0 Å². The zero-order valence-electron chi connectivity index (χ0n) is 9.18. The lowest BCUT2D eigenvalue weighted by Crippen LogP contribution is -1.90. The maximum absolute atomic E-state index is 10.7. The number of hydrogen-bond acceptors (Lipinski definition) is 3. The molecule has 0 aliphatic heterocycles. The van der Waals surface area contributed by atoms with E-state index in [1.807, 2.05) is 0 Å². The number of carbonyl (C=O) groups excluding carboxylic acids is 1. The van der Waals surface area contributed by atoms with Gasteiger partial charge in [-0.15, -0.1) is 0 Å². The maximum Gasteiger partial charge on any atom is 0.151 e. The van der Waals surface area contributed by atoms with Gasteiger partial charge in [-0.2, -0.15) is 0 Å². The van der Waals surface area contributed by atoms with Crippen LogP contribution in [-0.4, -0.2) is 18.4 Å². The molecule has 0 spiro atoms. The van der Waals surface area contributed by atoms with Gasteiger partial charge in [0, 0.05) is 34.1 Å². The standard InChI is InChI=1S/C13H10ClNO2/c1-17-13-3-2-11(14)5-12(13)10-4-9(8-16)6-15-7-10/h2-8H,1H3. The number of benzene rings is 1. The number of ether oxygens (including phenoxy) is 1. The van der Waals surface area contributed by atoms with Crippen LogP contribution in [0.3, 0.4) is 0 Å². The van der Waals surface area contributed by atoms with Crippen LogP contribution in [0.5, 0.6) is 5.75 Å². The molecule has 2 aromatic rings. The van der Waals surface area contributed by atoms with E-state index >= 15 is 0 Å². The molecule has 0 unspecified atom stereocenters. The van der Waals surface area contributed by atoms with Gasteiger partial charge in [0.1, 0.15) is 5.75 Å². The highest BCUT2D eigenvalue weighted by Crippen LogP contribution is 2.32. The van der Waals surface area contributed by atoms with Gasteiger partial charge in [-0.05, 0) is 24.3 Å². The molecular weight excluding hydrogens is 238 g/mol. The van der Waals surface area contributed by atoms with Crippen molar-refractivity contribution in [1.29, 1.82) is 0 Å². The van der Waals surface area contributed by atoms with E-state index in [9.17, 15) is 4.79 Å². The number of aldehydes is 1. The molecule has 0 amide bonds. The maximum atomic E-state index is 10.7. The minimum Gasteiger partial charge on any atom is -0.496 e. The molecule has 0 bridgehead atoms. The predicted octanol–water partition coefficient (Wildman–Crippen LogP) is 3.22. The molecule has 0 saturated carbocycles. The molecule has 1 aromatic heterocycles. The van der Waals surface area contributed by atoms with Crippen molar-refractivity contribution in [3.63, 3.8) is 0 Å². The smallest absolute Gasteiger partial charge is 0.151 e. The monoisotopic (exact) mass is 247 g/mol. The van der Waals surface area contributed by atoms with Crippen LogP contribution in [0.25, 0.3) is 11.1 Å². The first-order valence-corrected chi connectivity index (χ1v) is 5.36. The van der Waals surface area contributed by atoms with Crippen LogP contribution in [0.15, 0.2) is 36.7 Å². The average Bonchev–Trinajstić information content (AvgIpc) is 2.39. The Bertz CT molecular complexity index is 555. The van der Waals surface area contributed by atoms with Crippen molar-refractivity contribution in [1.82, 2.24) is 4.98 Å². The van der Waals surface area contributed by atoms with E-state index in [0.29, 0.717) is 16.3 Å². The Kier molecular flexibility index (Phi) is 3.40. The Morgan fingerprint density at radius 3 is 2.82 bits per heavy atom. The largest absolute Gasteiger partial charge is 0.496 e. The van der Waals surface area contributed by atoms with Gasteiger partial charge in [-0.1, -0.05) is 11.6 Å². The Morgan fingerprint density at radius 1 is 1.29 bits per heavy atom. The quantitative estimate of drug-likeness (QED) is 0.782. The summed E-state index contributed by atoms with van der Waals surface area (Å²) in [6.45, 7) is 0. The van der Waals surface area contributed by atoms with Gasteiger partial charge < -0.3 is 4.74 Å². The molecule has 0 radical (unpaired) electrons. The van der Waals surface area contributed by atoms with E-state index in [4.69, 9.17) is 16.3 Å². The van der Waals surface area contributed by atoms with Crippen LogP contribution in [0.1, 0.15) is 10.4 Å². The van der Waals surface area contributed by atoms with Crippen molar-refractivity contribution in [2.45, 2.75) is 0 Å². The van der Waals surface area contributed by atoms with Crippen LogP contribution in [0.2, 0.25) is 5.02 Å². The highest BCUT2D eigenvalue weighted by molar-refractivity contribution is 6.31. The fourth-order valence-corrected chi connectivity index (χ4v) is 1.75. The third-order valence-corrected chi connectivity index (χ3v) is 2.60. The third-order valence-electron chi connectivity index (χ3n) is 2.37. The van der Waals surface area contributed by atoms with Crippen LogP contribution in [0, 0.1) is 0 Å². The van der Waals surface area contributed by atoms with E-state index in [1.54, 1.807) is 37.6 Å². The lowest BCUT2D eigenvalue weighted by Gasteiger charge is -2.08. The number of nitrogens with zero attached hydrogens (tertiary/aromatic N) is 1. The van der Waals surface area contributed by atoms with Gasteiger partial charge in [-0.25, -0.2) is 0 Å². The molecule has 4 heteroatoms. The van der Waals surface area contributed by atoms with Crippen LogP contribution < -0.4 is 4.74 Å². The normalized spacial score (nSPS) is 10.0. The minimum atomic E-state index is 0.518. The van der Waals surface area contributed by atoms with Crippen LogP contribution >= 0.6 is 11.6 Å². The topological polar surface area (TPSA) is 39.2 Å². The summed E-state index contributed by atoms with van der Waals surface area (Å²) < 4.78 is 5.25. The summed E-state index contributed by atoms with van der Waals surface area (Å²) in [5.74, 6) is 0.694. The second-order valence-corrected chi connectivity index (χ2v) is 3.91. The number of carbonyl (C=O) groups is 1. The average molecular weight is 248 g/mol. The Hall–Kier alpha value is -1.87. The summed E-state index contributed by atoms with van der Waals surface area (Å²) in [5, 5.41) is 0.609. The molecule has 0 saturated heterocycles.